The second kappa shape index (κ2) is 10.5. The molecule has 0 atom stereocenters. The molecule has 0 spiro atoms. The maximum Gasteiger partial charge on any atom is 0.169 e. The lowest BCUT2D eigenvalue weighted by atomic mass is 10.1. The molecule has 3 aromatic carbocycles. The zero-order valence-corrected chi connectivity index (χ0v) is 17.0. The van der Waals surface area contributed by atoms with Gasteiger partial charge in [-0.05, 0) is 47.5 Å². The first-order chi connectivity index (χ1) is 13.7. The third kappa shape index (κ3) is 6.10. The number of benzene rings is 3. The van der Waals surface area contributed by atoms with Crippen LogP contribution in [0.5, 0.6) is 5.75 Å². The van der Waals surface area contributed by atoms with Gasteiger partial charge in [0, 0.05) is 19.6 Å². The lowest BCUT2D eigenvalue weighted by molar-refractivity contribution is 0.399. The standard InChI is InChI=1S/C24H26N2OS/c1-27-23-14-12-20(13-15-23)16-17-25-24(28)26(18-21-8-4-2-5-9-21)19-22-10-6-3-7-11-22/h2-15H,16-19H2,1H3,(H,25,28). The van der Waals surface area contributed by atoms with Crippen molar-refractivity contribution >= 4 is 17.3 Å². The van der Waals surface area contributed by atoms with Crippen molar-refractivity contribution in [1.29, 1.82) is 0 Å². The van der Waals surface area contributed by atoms with Gasteiger partial charge < -0.3 is 15.0 Å². The van der Waals surface area contributed by atoms with E-state index in [2.05, 4.69) is 70.9 Å². The number of rotatable bonds is 8. The number of ether oxygens (including phenoxy) is 1. The first-order valence-electron chi connectivity index (χ1n) is 9.48. The first-order valence-corrected chi connectivity index (χ1v) is 9.89. The highest BCUT2D eigenvalue weighted by Crippen LogP contribution is 2.12. The van der Waals surface area contributed by atoms with Gasteiger partial charge in [0.1, 0.15) is 5.75 Å². The second-order valence-electron chi connectivity index (χ2n) is 6.66. The lowest BCUT2D eigenvalue weighted by Gasteiger charge is -2.26. The van der Waals surface area contributed by atoms with Crippen LogP contribution in [0.3, 0.4) is 0 Å². The van der Waals surface area contributed by atoms with Crippen molar-refractivity contribution in [2.45, 2.75) is 19.5 Å². The molecule has 0 aliphatic heterocycles. The van der Waals surface area contributed by atoms with Crippen LogP contribution >= 0.6 is 12.2 Å². The molecule has 3 nitrogen and oxygen atoms in total. The lowest BCUT2D eigenvalue weighted by Crippen LogP contribution is -2.39. The van der Waals surface area contributed by atoms with Gasteiger partial charge in [0.25, 0.3) is 0 Å². The first kappa shape index (κ1) is 19.9. The molecule has 1 N–H and O–H groups in total. The topological polar surface area (TPSA) is 24.5 Å². The Hall–Kier alpha value is -2.85. The van der Waals surface area contributed by atoms with Gasteiger partial charge in [-0.2, -0.15) is 0 Å². The van der Waals surface area contributed by atoms with Crippen molar-refractivity contribution in [3.05, 3.63) is 102 Å². The van der Waals surface area contributed by atoms with E-state index in [1.54, 1.807) is 7.11 Å². The summed E-state index contributed by atoms with van der Waals surface area (Å²) in [5.41, 5.74) is 3.75. The summed E-state index contributed by atoms with van der Waals surface area (Å²) in [7, 11) is 1.68. The van der Waals surface area contributed by atoms with E-state index in [0.29, 0.717) is 0 Å². The number of nitrogens with zero attached hydrogens (tertiary/aromatic N) is 1. The molecule has 144 valence electrons. The molecule has 28 heavy (non-hydrogen) atoms. The monoisotopic (exact) mass is 390 g/mol. The van der Waals surface area contributed by atoms with Crippen molar-refractivity contribution in [3.8, 4) is 5.75 Å². The summed E-state index contributed by atoms with van der Waals surface area (Å²) in [4.78, 5) is 2.22. The highest BCUT2D eigenvalue weighted by atomic mass is 32.1. The molecule has 0 heterocycles. The minimum atomic E-state index is 0.779. The average molecular weight is 391 g/mol. The molecular weight excluding hydrogens is 364 g/mol. The molecule has 0 bridgehead atoms. The summed E-state index contributed by atoms with van der Waals surface area (Å²) in [6, 6.07) is 29.1. The minimum absolute atomic E-state index is 0.779. The largest absolute Gasteiger partial charge is 0.497 e. The van der Waals surface area contributed by atoms with E-state index in [-0.39, 0.29) is 0 Å². The van der Waals surface area contributed by atoms with Gasteiger partial charge in [-0.1, -0.05) is 72.8 Å². The SMILES string of the molecule is COc1ccc(CCNC(=S)N(Cc2ccccc2)Cc2ccccc2)cc1. The Morgan fingerprint density at radius 1 is 0.786 bits per heavy atom. The maximum absolute atomic E-state index is 5.72. The summed E-state index contributed by atoms with van der Waals surface area (Å²) in [6.45, 7) is 2.36. The quantitative estimate of drug-likeness (QED) is 0.558. The van der Waals surface area contributed by atoms with Crippen LogP contribution in [0.4, 0.5) is 0 Å². The Labute approximate surface area is 173 Å². The van der Waals surface area contributed by atoms with Gasteiger partial charge >= 0.3 is 0 Å². The van der Waals surface area contributed by atoms with Crippen LogP contribution < -0.4 is 10.1 Å². The minimum Gasteiger partial charge on any atom is -0.497 e. The number of hydrogen-bond donors (Lipinski definition) is 1. The van der Waals surface area contributed by atoms with Crippen LogP contribution in [0.25, 0.3) is 0 Å². The van der Waals surface area contributed by atoms with Crippen LogP contribution in [0.15, 0.2) is 84.9 Å². The predicted molar refractivity (Wildman–Crippen MR) is 119 cm³/mol. The molecule has 0 fully saturated rings. The molecule has 0 aliphatic carbocycles. The Morgan fingerprint density at radius 3 is 1.82 bits per heavy atom. The summed E-state index contributed by atoms with van der Waals surface area (Å²) in [6.07, 6.45) is 0.911. The normalized spacial score (nSPS) is 10.3. The van der Waals surface area contributed by atoms with E-state index in [1.165, 1.54) is 16.7 Å². The molecular formula is C24H26N2OS. The van der Waals surface area contributed by atoms with Crippen molar-refractivity contribution in [1.82, 2.24) is 10.2 Å². The number of nitrogens with one attached hydrogen (secondary N) is 1. The summed E-state index contributed by atoms with van der Waals surface area (Å²) in [5.74, 6) is 0.879. The van der Waals surface area contributed by atoms with E-state index >= 15 is 0 Å². The molecule has 0 radical (unpaired) electrons. The molecule has 3 rings (SSSR count). The van der Waals surface area contributed by atoms with Gasteiger partial charge in [-0.3, -0.25) is 0 Å². The second-order valence-corrected chi connectivity index (χ2v) is 7.04. The molecule has 4 heteroatoms. The molecule has 0 aliphatic rings. The van der Waals surface area contributed by atoms with Gasteiger partial charge in [-0.25, -0.2) is 0 Å². The third-order valence-electron chi connectivity index (χ3n) is 4.57. The number of methoxy groups -OCH3 is 1. The highest BCUT2D eigenvalue weighted by molar-refractivity contribution is 7.80. The van der Waals surface area contributed by atoms with Crippen molar-refractivity contribution in [2.24, 2.45) is 0 Å². The fourth-order valence-corrected chi connectivity index (χ4v) is 3.26. The van der Waals surface area contributed by atoms with Crippen LogP contribution in [0.2, 0.25) is 0 Å². The Kier molecular flexibility index (Phi) is 7.44. The highest BCUT2D eigenvalue weighted by Gasteiger charge is 2.11. The zero-order valence-electron chi connectivity index (χ0n) is 16.2. The summed E-state index contributed by atoms with van der Waals surface area (Å²) < 4.78 is 5.21. The van der Waals surface area contributed by atoms with E-state index in [1.807, 2.05) is 24.3 Å². The molecule has 0 saturated carbocycles. The van der Waals surface area contributed by atoms with Gasteiger partial charge in [0.2, 0.25) is 0 Å². The van der Waals surface area contributed by atoms with Gasteiger partial charge in [0.15, 0.2) is 5.11 Å². The van der Waals surface area contributed by atoms with Crippen LogP contribution in [-0.4, -0.2) is 23.7 Å². The molecule has 3 aromatic rings. The van der Waals surface area contributed by atoms with Crippen LogP contribution in [0.1, 0.15) is 16.7 Å². The fraction of sp³-hybridized carbons (Fsp3) is 0.208. The summed E-state index contributed by atoms with van der Waals surface area (Å²) >= 11 is 5.72. The fourth-order valence-electron chi connectivity index (χ4n) is 3.02. The third-order valence-corrected chi connectivity index (χ3v) is 4.97. The van der Waals surface area contributed by atoms with E-state index in [9.17, 15) is 0 Å². The van der Waals surface area contributed by atoms with E-state index in [4.69, 9.17) is 17.0 Å². The van der Waals surface area contributed by atoms with Crippen molar-refractivity contribution in [2.75, 3.05) is 13.7 Å². The Balaban J connectivity index is 1.60. The molecule has 0 saturated heterocycles. The molecule has 0 amide bonds. The Bertz CT molecular complexity index is 809. The number of thiocarbonyl (C=S) groups is 1. The zero-order chi connectivity index (χ0) is 19.6. The van der Waals surface area contributed by atoms with Gasteiger partial charge in [0.05, 0.1) is 7.11 Å². The van der Waals surface area contributed by atoms with E-state index < -0.39 is 0 Å². The number of hydrogen-bond acceptors (Lipinski definition) is 2. The molecule has 0 unspecified atom stereocenters. The van der Waals surface area contributed by atoms with Crippen LogP contribution in [0, 0.1) is 0 Å². The smallest absolute Gasteiger partial charge is 0.169 e. The van der Waals surface area contributed by atoms with Crippen LogP contribution in [-0.2, 0) is 19.5 Å². The van der Waals surface area contributed by atoms with Gasteiger partial charge in [-0.15, -0.1) is 0 Å². The van der Waals surface area contributed by atoms with E-state index in [0.717, 1.165) is 36.9 Å². The maximum atomic E-state index is 5.72. The summed E-state index contributed by atoms with van der Waals surface area (Å²) in [5, 5.41) is 4.21. The predicted octanol–water partition coefficient (Wildman–Crippen LogP) is 4.81. The Morgan fingerprint density at radius 2 is 1.32 bits per heavy atom. The van der Waals surface area contributed by atoms with Crippen molar-refractivity contribution in [3.63, 3.8) is 0 Å². The van der Waals surface area contributed by atoms with Crippen molar-refractivity contribution < 1.29 is 4.74 Å². The average Bonchev–Trinajstić information content (AvgIpc) is 2.75. The molecule has 0 aromatic heterocycles.